The molecule has 2 heterocycles. The molecule has 1 fully saturated rings. The first-order valence-electron chi connectivity index (χ1n) is 5.52. The van der Waals surface area contributed by atoms with E-state index < -0.39 is 12.1 Å². The van der Waals surface area contributed by atoms with Gasteiger partial charge in [0.05, 0.1) is 13.2 Å². The number of morpholine rings is 1. The summed E-state index contributed by atoms with van der Waals surface area (Å²) in [5.74, 6) is -1.22. The second kappa shape index (κ2) is 5.79. The molecule has 1 aromatic rings. The van der Waals surface area contributed by atoms with E-state index in [1.807, 2.05) is 17.5 Å². The minimum atomic E-state index is -1.03. The molecule has 1 aromatic heterocycles. The van der Waals surface area contributed by atoms with Crippen LogP contribution in [0.5, 0.6) is 0 Å². The van der Waals surface area contributed by atoms with E-state index in [2.05, 4.69) is 0 Å². The SMILES string of the molecule is O=C(O)[C@H]1CN(C(=O)/C=C/c2cccs2)CCO1. The maximum atomic E-state index is 11.9. The van der Waals surface area contributed by atoms with Gasteiger partial charge in [-0.15, -0.1) is 11.3 Å². The quantitative estimate of drug-likeness (QED) is 0.832. The summed E-state index contributed by atoms with van der Waals surface area (Å²) in [5.41, 5.74) is 0. The molecule has 0 aromatic carbocycles. The molecule has 1 aliphatic heterocycles. The third kappa shape index (κ3) is 3.18. The highest BCUT2D eigenvalue weighted by molar-refractivity contribution is 7.10. The third-order valence-corrected chi connectivity index (χ3v) is 3.42. The Morgan fingerprint density at radius 1 is 1.56 bits per heavy atom. The van der Waals surface area contributed by atoms with Crippen LogP contribution in [-0.4, -0.2) is 47.7 Å². The zero-order valence-electron chi connectivity index (χ0n) is 9.61. The van der Waals surface area contributed by atoms with E-state index in [0.29, 0.717) is 6.54 Å². The molecule has 0 spiro atoms. The molecule has 0 saturated carbocycles. The van der Waals surface area contributed by atoms with Crippen LogP contribution in [0.4, 0.5) is 0 Å². The number of ether oxygens (including phenoxy) is 1. The van der Waals surface area contributed by atoms with E-state index in [9.17, 15) is 9.59 Å². The first-order valence-corrected chi connectivity index (χ1v) is 6.39. The average Bonchev–Trinajstić information content (AvgIpc) is 2.89. The van der Waals surface area contributed by atoms with Crippen molar-refractivity contribution in [2.24, 2.45) is 0 Å². The molecular weight excluding hydrogens is 254 g/mol. The van der Waals surface area contributed by atoms with E-state index in [-0.39, 0.29) is 19.1 Å². The molecule has 96 valence electrons. The fourth-order valence-electron chi connectivity index (χ4n) is 1.64. The number of carboxylic acids is 1. The van der Waals surface area contributed by atoms with Crippen molar-refractivity contribution in [3.63, 3.8) is 0 Å². The van der Waals surface area contributed by atoms with E-state index in [1.165, 1.54) is 11.0 Å². The molecule has 0 unspecified atom stereocenters. The fraction of sp³-hybridized carbons (Fsp3) is 0.333. The first-order chi connectivity index (χ1) is 8.66. The molecule has 6 heteroatoms. The number of aliphatic carboxylic acids is 1. The van der Waals surface area contributed by atoms with Gasteiger partial charge in [-0.3, -0.25) is 4.79 Å². The van der Waals surface area contributed by atoms with Crippen LogP contribution >= 0.6 is 11.3 Å². The predicted octanol–water partition coefficient (Wildman–Crippen LogP) is 1.07. The molecule has 1 atom stereocenters. The van der Waals surface area contributed by atoms with Gasteiger partial charge in [0, 0.05) is 17.5 Å². The van der Waals surface area contributed by atoms with Crippen molar-refractivity contribution in [2.75, 3.05) is 19.7 Å². The maximum absolute atomic E-state index is 11.9. The minimum absolute atomic E-state index is 0.100. The number of amides is 1. The lowest BCUT2D eigenvalue weighted by molar-refractivity contribution is -0.158. The molecule has 18 heavy (non-hydrogen) atoms. The first kappa shape index (κ1) is 12.8. The Morgan fingerprint density at radius 2 is 2.39 bits per heavy atom. The van der Waals surface area contributed by atoms with Crippen LogP contribution < -0.4 is 0 Å². The van der Waals surface area contributed by atoms with E-state index in [4.69, 9.17) is 9.84 Å². The summed E-state index contributed by atoms with van der Waals surface area (Å²) in [6, 6.07) is 3.82. The van der Waals surface area contributed by atoms with Crippen molar-refractivity contribution < 1.29 is 19.4 Å². The zero-order valence-corrected chi connectivity index (χ0v) is 10.4. The Morgan fingerprint density at radius 3 is 3.06 bits per heavy atom. The second-order valence-corrected chi connectivity index (χ2v) is 4.81. The lowest BCUT2D eigenvalue weighted by atomic mass is 10.2. The van der Waals surface area contributed by atoms with Crippen LogP contribution in [0.3, 0.4) is 0 Å². The highest BCUT2D eigenvalue weighted by atomic mass is 32.1. The Bertz CT molecular complexity index is 455. The number of carbonyl (C=O) groups is 2. The van der Waals surface area contributed by atoms with Crippen LogP contribution in [0.1, 0.15) is 4.88 Å². The van der Waals surface area contributed by atoms with Gasteiger partial charge in [0.25, 0.3) is 0 Å². The second-order valence-electron chi connectivity index (χ2n) is 3.83. The smallest absolute Gasteiger partial charge is 0.334 e. The molecule has 0 aliphatic carbocycles. The monoisotopic (exact) mass is 267 g/mol. The number of carbonyl (C=O) groups excluding carboxylic acids is 1. The van der Waals surface area contributed by atoms with Crippen LogP contribution in [0.15, 0.2) is 23.6 Å². The Hall–Kier alpha value is -1.66. The van der Waals surface area contributed by atoms with Gasteiger partial charge in [-0.1, -0.05) is 6.07 Å². The van der Waals surface area contributed by atoms with Crippen LogP contribution in [0.25, 0.3) is 6.08 Å². The summed E-state index contributed by atoms with van der Waals surface area (Å²) in [6.45, 7) is 0.788. The van der Waals surface area contributed by atoms with Gasteiger partial charge in [0.2, 0.25) is 5.91 Å². The standard InChI is InChI=1S/C12H13NO4S/c14-11(4-3-9-2-1-7-18-9)13-5-6-17-10(8-13)12(15)16/h1-4,7,10H,5-6,8H2,(H,15,16)/b4-3+/t10-/m1/s1. The number of hydrogen-bond acceptors (Lipinski definition) is 4. The summed E-state index contributed by atoms with van der Waals surface area (Å²) in [4.78, 5) is 25.1. The van der Waals surface area contributed by atoms with Crippen LogP contribution in [-0.2, 0) is 14.3 Å². The topological polar surface area (TPSA) is 66.8 Å². The van der Waals surface area contributed by atoms with Gasteiger partial charge in [-0.05, 0) is 17.5 Å². The summed E-state index contributed by atoms with van der Waals surface area (Å²) >= 11 is 1.54. The molecule has 0 radical (unpaired) electrons. The van der Waals surface area contributed by atoms with Crippen molar-refractivity contribution in [3.8, 4) is 0 Å². The summed E-state index contributed by atoms with van der Waals surface area (Å²) in [5, 5.41) is 10.8. The number of hydrogen-bond donors (Lipinski definition) is 1. The zero-order chi connectivity index (χ0) is 13.0. The molecule has 1 saturated heterocycles. The Kier molecular flexibility index (Phi) is 4.11. The van der Waals surface area contributed by atoms with Gasteiger partial charge < -0.3 is 14.7 Å². The van der Waals surface area contributed by atoms with Crippen LogP contribution in [0, 0.1) is 0 Å². The lowest BCUT2D eigenvalue weighted by Crippen LogP contribution is -2.48. The van der Waals surface area contributed by atoms with Gasteiger partial charge in [0.1, 0.15) is 0 Å². The minimum Gasteiger partial charge on any atom is -0.479 e. The normalized spacial score (nSPS) is 20.2. The fourth-order valence-corrected chi connectivity index (χ4v) is 2.26. The Labute approximate surface area is 108 Å². The van der Waals surface area contributed by atoms with Crippen LogP contribution in [0.2, 0.25) is 0 Å². The summed E-state index contributed by atoms with van der Waals surface area (Å²) < 4.78 is 5.05. The number of nitrogens with zero attached hydrogens (tertiary/aromatic N) is 1. The lowest BCUT2D eigenvalue weighted by Gasteiger charge is -2.30. The molecule has 5 nitrogen and oxygen atoms in total. The van der Waals surface area contributed by atoms with E-state index in [0.717, 1.165) is 4.88 Å². The average molecular weight is 267 g/mol. The van der Waals surface area contributed by atoms with Crippen molar-refractivity contribution in [1.82, 2.24) is 4.90 Å². The van der Waals surface area contributed by atoms with Crippen molar-refractivity contribution in [2.45, 2.75) is 6.10 Å². The van der Waals surface area contributed by atoms with Crippen molar-refractivity contribution in [3.05, 3.63) is 28.5 Å². The molecule has 1 amide bonds. The largest absolute Gasteiger partial charge is 0.479 e. The molecule has 0 bridgehead atoms. The Balaban J connectivity index is 1.94. The summed E-state index contributed by atoms with van der Waals surface area (Å²) in [6.07, 6.45) is 2.28. The van der Waals surface area contributed by atoms with Crippen molar-refractivity contribution >= 4 is 29.3 Å². The maximum Gasteiger partial charge on any atom is 0.334 e. The predicted molar refractivity (Wildman–Crippen MR) is 67.3 cm³/mol. The highest BCUT2D eigenvalue weighted by Crippen LogP contribution is 2.11. The number of rotatable bonds is 3. The summed E-state index contributed by atoms with van der Waals surface area (Å²) in [7, 11) is 0. The van der Waals surface area contributed by atoms with Crippen molar-refractivity contribution in [1.29, 1.82) is 0 Å². The third-order valence-electron chi connectivity index (χ3n) is 2.59. The number of carboxylic acid groups (broad SMARTS) is 1. The molecule has 2 rings (SSSR count). The van der Waals surface area contributed by atoms with E-state index in [1.54, 1.807) is 17.4 Å². The molecule has 1 aliphatic rings. The van der Waals surface area contributed by atoms with Gasteiger partial charge in [0.15, 0.2) is 6.10 Å². The van der Waals surface area contributed by atoms with Gasteiger partial charge in [-0.2, -0.15) is 0 Å². The van der Waals surface area contributed by atoms with Gasteiger partial charge >= 0.3 is 5.97 Å². The number of thiophene rings is 1. The van der Waals surface area contributed by atoms with E-state index >= 15 is 0 Å². The molecular formula is C12H13NO4S. The van der Waals surface area contributed by atoms with Gasteiger partial charge in [-0.25, -0.2) is 4.79 Å². The highest BCUT2D eigenvalue weighted by Gasteiger charge is 2.27. The molecule has 1 N–H and O–H groups in total.